The first-order valence-corrected chi connectivity index (χ1v) is 10.7. The maximum absolute atomic E-state index is 13.2. The summed E-state index contributed by atoms with van der Waals surface area (Å²) < 4.78 is 7.45. The summed E-state index contributed by atoms with van der Waals surface area (Å²) in [7, 11) is 0. The molecule has 0 aliphatic carbocycles. The van der Waals surface area contributed by atoms with Crippen molar-refractivity contribution in [2.24, 2.45) is 0 Å². The first kappa shape index (κ1) is 19.7. The Morgan fingerprint density at radius 2 is 2.07 bits per heavy atom. The molecule has 1 aromatic heterocycles. The van der Waals surface area contributed by atoms with Crippen molar-refractivity contribution in [3.63, 3.8) is 0 Å². The van der Waals surface area contributed by atoms with Crippen LogP contribution in [0.5, 0.6) is 0 Å². The first-order valence-electron chi connectivity index (χ1n) is 9.87. The minimum atomic E-state index is -0.332. The predicted molar refractivity (Wildman–Crippen MR) is 115 cm³/mol. The molecule has 29 heavy (non-hydrogen) atoms. The van der Waals surface area contributed by atoms with E-state index < -0.39 is 0 Å². The number of nitriles is 1. The molecular weight excluding hydrogens is 382 g/mol. The molecule has 0 amide bonds. The molecule has 0 radical (unpaired) electrons. The van der Waals surface area contributed by atoms with E-state index in [4.69, 9.17) is 9.72 Å². The summed E-state index contributed by atoms with van der Waals surface area (Å²) in [5.41, 5.74) is 2.89. The van der Waals surface area contributed by atoms with Crippen LogP contribution in [0.15, 0.2) is 58.5 Å². The monoisotopic (exact) mass is 405 g/mol. The third kappa shape index (κ3) is 4.52. The van der Waals surface area contributed by atoms with Crippen LogP contribution < -0.4 is 5.56 Å². The van der Waals surface area contributed by atoms with Crippen LogP contribution in [0.25, 0.3) is 10.9 Å². The van der Waals surface area contributed by atoms with Crippen LogP contribution in [0.2, 0.25) is 0 Å². The molecule has 2 aromatic carbocycles. The molecule has 148 valence electrons. The Morgan fingerprint density at radius 1 is 1.28 bits per heavy atom. The van der Waals surface area contributed by atoms with E-state index in [0.29, 0.717) is 29.0 Å². The van der Waals surface area contributed by atoms with Gasteiger partial charge < -0.3 is 4.74 Å². The van der Waals surface area contributed by atoms with Crippen molar-refractivity contribution >= 4 is 22.7 Å². The molecule has 0 spiro atoms. The molecule has 3 aromatic rings. The molecule has 6 heteroatoms. The number of hydrogen-bond acceptors (Lipinski definition) is 5. The molecule has 4 rings (SSSR count). The molecule has 1 saturated heterocycles. The van der Waals surface area contributed by atoms with Crippen molar-refractivity contribution in [2.75, 3.05) is 6.61 Å². The van der Waals surface area contributed by atoms with E-state index in [0.717, 1.165) is 25.0 Å². The Bertz CT molecular complexity index is 1100. The lowest BCUT2D eigenvalue weighted by Crippen LogP contribution is -2.29. The molecule has 1 aliphatic rings. The minimum absolute atomic E-state index is 0.0210. The van der Waals surface area contributed by atoms with Crippen molar-refractivity contribution in [2.45, 2.75) is 49.2 Å². The van der Waals surface area contributed by atoms with Gasteiger partial charge in [0.1, 0.15) is 5.25 Å². The fraction of sp³-hybridized carbons (Fsp3) is 0.348. The molecule has 5 nitrogen and oxygen atoms in total. The second-order valence-corrected chi connectivity index (χ2v) is 8.56. The smallest absolute Gasteiger partial charge is 0.262 e. The van der Waals surface area contributed by atoms with Crippen LogP contribution in [0.4, 0.5) is 0 Å². The number of aromatic nitrogens is 2. The van der Waals surface area contributed by atoms with Crippen LogP contribution in [-0.2, 0) is 17.7 Å². The number of benzene rings is 2. The van der Waals surface area contributed by atoms with Gasteiger partial charge in [0.25, 0.3) is 5.56 Å². The summed E-state index contributed by atoms with van der Waals surface area (Å²) in [5.74, 6) is 0. The van der Waals surface area contributed by atoms with Crippen LogP contribution in [0.1, 0.15) is 24.0 Å². The number of para-hydroxylation sites is 1. The molecule has 2 atom stereocenters. The van der Waals surface area contributed by atoms with Crippen LogP contribution >= 0.6 is 11.8 Å². The fourth-order valence-corrected chi connectivity index (χ4v) is 4.59. The van der Waals surface area contributed by atoms with Crippen LogP contribution in [0.3, 0.4) is 0 Å². The zero-order valence-corrected chi connectivity index (χ0v) is 17.2. The third-order valence-corrected chi connectivity index (χ3v) is 6.25. The van der Waals surface area contributed by atoms with Gasteiger partial charge in [-0.2, -0.15) is 5.26 Å². The normalized spacial score (nSPS) is 17.3. The lowest BCUT2D eigenvalue weighted by atomic mass is 10.1. The molecule has 2 heterocycles. The molecule has 0 unspecified atom stereocenters. The average molecular weight is 406 g/mol. The summed E-state index contributed by atoms with van der Waals surface area (Å²) in [5, 5.41) is 10.6. The van der Waals surface area contributed by atoms with E-state index >= 15 is 0 Å². The number of fused-ring (bicyclic) bond motifs is 1. The second kappa shape index (κ2) is 8.81. The highest BCUT2D eigenvalue weighted by atomic mass is 32.2. The van der Waals surface area contributed by atoms with E-state index in [9.17, 15) is 10.1 Å². The van der Waals surface area contributed by atoms with Gasteiger partial charge in [0.2, 0.25) is 0 Å². The lowest BCUT2D eigenvalue weighted by Gasteiger charge is -2.18. The Morgan fingerprint density at radius 3 is 2.79 bits per heavy atom. The topological polar surface area (TPSA) is 67.9 Å². The third-order valence-electron chi connectivity index (χ3n) is 5.17. The van der Waals surface area contributed by atoms with Crippen molar-refractivity contribution in [1.82, 2.24) is 9.55 Å². The van der Waals surface area contributed by atoms with Gasteiger partial charge in [-0.15, -0.1) is 0 Å². The van der Waals surface area contributed by atoms with E-state index in [-0.39, 0.29) is 16.9 Å². The van der Waals surface area contributed by atoms with Crippen molar-refractivity contribution < 1.29 is 4.74 Å². The largest absolute Gasteiger partial charge is 0.376 e. The number of ether oxygens (including phenoxy) is 1. The quantitative estimate of drug-likeness (QED) is 0.456. The Balaban J connectivity index is 1.67. The Labute approximate surface area is 174 Å². The van der Waals surface area contributed by atoms with Gasteiger partial charge in [-0.25, -0.2) is 4.98 Å². The number of thioether (sulfide) groups is 1. The number of rotatable bonds is 6. The van der Waals surface area contributed by atoms with E-state index in [2.05, 4.69) is 18.2 Å². The summed E-state index contributed by atoms with van der Waals surface area (Å²) in [4.78, 5) is 17.9. The predicted octanol–water partition coefficient (Wildman–Crippen LogP) is 4.11. The second-order valence-electron chi connectivity index (χ2n) is 7.39. The number of hydrogen-bond donors (Lipinski definition) is 0. The summed E-state index contributed by atoms with van der Waals surface area (Å²) >= 11 is 1.36. The molecule has 1 fully saturated rings. The Kier molecular flexibility index (Phi) is 5.98. The maximum atomic E-state index is 13.2. The van der Waals surface area contributed by atoms with Crippen molar-refractivity contribution in [3.8, 4) is 6.07 Å². The van der Waals surface area contributed by atoms with Gasteiger partial charge in [-0.3, -0.25) is 9.36 Å². The highest BCUT2D eigenvalue weighted by Gasteiger charge is 2.22. The lowest BCUT2D eigenvalue weighted by molar-refractivity contribution is 0.0937. The zero-order valence-electron chi connectivity index (χ0n) is 16.4. The van der Waals surface area contributed by atoms with Crippen molar-refractivity contribution in [1.29, 1.82) is 5.26 Å². The fourth-order valence-electron chi connectivity index (χ4n) is 3.57. The molecule has 1 aliphatic heterocycles. The summed E-state index contributed by atoms with van der Waals surface area (Å²) in [6.45, 7) is 3.25. The van der Waals surface area contributed by atoms with E-state index in [1.165, 1.54) is 17.3 Å². The SMILES string of the molecule is Cc1ccc(C[C@@H](C#N)Sc2nc3ccccc3c(=O)n2C[C@H]2CCCO2)cc1. The van der Waals surface area contributed by atoms with Gasteiger partial charge in [0, 0.05) is 6.61 Å². The molecular formula is C23H23N3O2S. The van der Waals surface area contributed by atoms with Gasteiger partial charge in [0.05, 0.1) is 29.6 Å². The van der Waals surface area contributed by atoms with E-state index in [1.54, 1.807) is 10.6 Å². The molecule has 0 bridgehead atoms. The number of aryl methyl sites for hydroxylation is 1. The standard InChI is InChI=1S/C23H23N3O2S/c1-16-8-10-17(11-9-16)13-19(14-24)29-23-25-21-7-3-2-6-20(21)22(27)26(23)15-18-5-4-12-28-18/h2-3,6-11,18-19H,4-5,12-13,15H2,1H3/t18-,19+/m1/s1. The van der Waals surface area contributed by atoms with Gasteiger partial charge in [-0.05, 0) is 43.9 Å². The molecule has 0 saturated carbocycles. The highest BCUT2D eigenvalue weighted by molar-refractivity contribution is 8.00. The number of nitrogens with zero attached hydrogens (tertiary/aromatic N) is 3. The highest BCUT2D eigenvalue weighted by Crippen LogP contribution is 2.26. The Hall–Kier alpha value is -2.62. The van der Waals surface area contributed by atoms with Crippen LogP contribution in [0, 0.1) is 18.3 Å². The molecule has 0 N–H and O–H groups in total. The van der Waals surface area contributed by atoms with Gasteiger partial charge in [0.15, 0.2) is 5.16 Å². The van der Waals surface area contributed by atoms with Crippen LogP contribution in [-0.4, -0.2) is 27.5 Å². The van der Waals surface area contributed by atoms with Gasteiger partial charge >= 0.3 is 0 Å². The minimum Gasteiger partial charge on any atom is -0.376 e. The van der Waals surface area contributed by atoms with Gasteiger partial charge in [-0.1, -0.05) is 53.7 Å². The zero-order chi connectivity index (χ0) is 20.2. The van der Waals surface area contributed by atoms with Crippen molar-refractivity contribution in [3.05, 3.63) is 70.0 Å². The first-order chi connectivity index (χ1) is 14.1. The summed E-state index contributed by atoms with van der Waals surface area (Å²) in [6.07, 6.45) is 2.57. The maximum Gasteiger partial charge on any atom is 0.262 e. The van der Waals surface area contributed by atoms with E-state index in [1.807, 2.05) is 37.3 Å². The summed E-state index contributed by atoms with van der Waals surface area (Å²) in [6, 6.07) is 18.0. The average Bonchev–Trinajstić information content (AvgIpc) is 3.25.